The van der Waals surface area contributed by atoms with E-state index in [1.165, 1.54) is 33.9 Å². The number of ether oxygens (including phenoxy) is 4. The maximum atomic E-state index is 14.5. The maximum absolute atomic E-state index is 14.5. The summed E-state index contributed by atoms with van der Waals surface area (Å²) < 4.78 is 106. The Morgan fingerprint density at radius 3 is 0.984 bits per heavy atom. The summed E-state index contributed by atoms with van der Waals surface area (Å²) in [5.41, 5.74) is 18.8. The molecule has 21 rings (SSSR count). The molecule has 4 fully saturated rings. The average molecular weight is 1970 g/mol. The smallest absolute Gasteiger partial charge is 0.269 e. The van der Waals surface area contributed by atoms with Gasteiger partial charge in [0, 0.05) is 155 Å². The van der Waals surface area contributed by atoms with Crippen molar-refractivity contribution in [3.63, 3.8) is 0 Å². The molecule has 13 aromatic rings. The Kier molecular flexibility index (Phi) is 32.0. The van der Waals surface area contributed by atoms with E-state index in [-0.39, 0.29) is 77.9 Å². The van der Waals surface area contributed by atoms with Gasteiger partial charge in [0.1, 0.15) is 91.4 Å². The number of anilines is 2. The van der Waals surface area contributed by atoms with Crippen molar-refractivity contribution in [2.45, 2.75) is 97.9 Å². The average Bonchev–Trinajstić information content (AvgIpc) is 1.57. The molecule has 0 amide bonds. The van der Waals surface area contributed by atoms with Crippen molar-refractivity contribution in [1.29, 1.82) is 1.45 Å². The molecule has 0 aliphatic carbocycles. The second-order valence-corrected chi connectivity index (χ2v) is 34.0. The lowest BCUT2D eigenvalue weighted by molar-refractivity contribution is 0.0369. The second kappa shape index (κ2) is 44.0. The van der Waals surface area contributed by atoms with Gasteiger partial charge in [-0.2, -0.15) is 0 Å². The summed E-state index contributed by atoms with van der Waals surface area (Å²) >= 11 is 5.63. The molecular formula is C102H98BrCl2F6IN11O4P. The van der Waals surface area contributed by atoms with E-state index in [9.17, 15) is 21.8 Å². The minimum absolute atomic E-state index is 0. The maximum Gasteiger partial charge on any atom is 0.269 e. The summed E-state index contributed by atoms with van der Waals surface area (Å²) in [6, 6.07) is 91.1. The number of nitrogens with zero attached hydrogens (tertiary/aromatic N) is 8. The molecule has 0 bridgehead atoms. The van der Waals surface area contributed by atoms with Gasteiger partial charge in [-0.15, -0.1) is 24.8 Å². The van der Waals surface area contributed by atoms with Crippen LogP contribution in [-0.4, -0.2) is 108 Å². The molecule has 1 unspecified atom stereocenters. The number of nitrogens with two attached hydrogens (primary N) is 1. The second-order valence-electron chi connectivity index (χ2n) is 31.9. The zero-order valence-electron chi connectivity index (χ0n) is 70.9. The molecule has 26 heteroatoms. The number of pyridine rings is 3. The fraction of sp³-hybridized carbons (Fsp3) is 0.235. The van der Waals surface area contributed by atoms with Crippen LogP contribution >= 0.6 is 72.9 Å². The van der Waals surface area contributed by atoms with Crippen LogP contribution in [-0.2, 0) is 0 Å². The Labute approximate surface area is 781 Å². The molecule has 4 saturated heterocycles. The van der Waals surface area contributed by atoms with Crippen LogP contribution in [0.3, 0.4) is 0 Å². The van der Waals surface area contributed by atoms with Crippen LogP contribution in [0.4, 0.5) is 37.9 Å². The molecule has 8 aliphatic rings. The third-order valence-corrected chi connectivity index (χ3v) is 25.4. The Hall–Kier alpha value is -10.9. The van der Waals surface area contributed by atoms with Crippen molar-refractivity contribution in [1.82, 2.24) is 25.6 Å². The SMILES string of the molecule is Cl.Cl.FP.Fc1ccc2c(c1)[C@@H](N=C(c1ccccc1)c1ccccc1)C1(CCN(c3ccc(Br)nc3)CC1)O2.Fc1ccc2c(c1)[C@@H](N=C(c1ccccc1)c1ccccc1)C1(CCN(c3cccnc3)CC1)O2.Fc1ccc2c(c1)[C@@H](N=C(c1ccccc1)c1ccccc1)C1(CCNCC1)O2.Ic1cccnc1.N[C@@H]1c2cc(F)ccc2OC12CCNCC2.[2H]F. The monoisotopic (exact) mass is 1960 g/mol. The summed E-state index contributed by atoms with van der Waals surface area (Å²) in [7, 11) is 0.917. The van der Waals surface area contributed by atoms with Crippen LogP contribution in [0.15, 0.2) is 342 Å². The lowest BCUT2D eigenvalue weighted by Gasteiger charge is -2.42. The largest absolute Gasteiger partial charge is 0.485 e. The van der Waals surface area contributed by atoms with Gasteiger partial charge in [0.05, 0.1) is 56.5 Å². The molecule has 11 heterocycles. The van der Waals surface area contributed by atoms with Crippen molar-refractivity contribution in [2.24, 2.45) is 20.7 Å². The fourth-order valence-corrected chi connectivity index (χ4v) is 18.6. The Morgan fingerprint density at radius 2 is 0.688 bits per heavy atom. The summed E-state index contributed by atoms with van der Waals surface area (Å²) in [4.78, 5) is 33.2. The van der Waals surface area contributed by atoms with Gasteiger partial charge < -0.3 is 45.1 Å². The lowest BCUT2D eigenvalue weighted by atomic mass is 9.82. The molecule has 5 atom stereocenters. The third-order valence-electron chi connectivity index (χ3n) is 24.3. The highest BCUT2D eigenvalue weighted by molar-refractivity contribution is 14.1. The van der Waals surface area contributed by atoms with Crippen molar-refractivity contribution in [3.8, 4) is 23.0 Å². The summed E-state index contributed by atoms with van der Waals surface area (Å²) in [5.74, 6) is 1.92. The highest BCUT2D eigenvalue weighted by atomic mass is 127. The molecule has 3 aromatic heterocycles. The van der Waals surface area contributed by atoms with Gasteiger partial charge in [0.2, 0.25) is 0 Å². The zero-order chi connectivity index (χ0) is 88.2. The molecule has 4 spiro atoms. The van der Waals surface area contributed by atoms with E-state index in [4.69, 9.17) is 44.4 Å². The van der Waals surface area contributed by atoms with Crippen LogP contribution in [0.25, 0.3) is 0 Å². The highest BCUT2D eigenvalue weighted by Crippen LogP contribution is 2.55. The van der Waals surface area contributed by atoms with Crippen LogP contribution in [0.5, 0.6) is 23.0 Å². The predicted molar refractivity (Wildman–Crippen MR) is 518 cm³/mol. The molecule has 15 nitrogen and oxygen atoms in total. The lowest BCUT2D eigenvalue weighted by Crippen LogP contribution is -2.50. The van der Waals surface area contributed by atoms with Gasteiger partial charge in [0.15, 0.2) is 0 Å². The number of hydrogen-bond acceptors (Lipinski definition) is 15. The summed E-state index contributed by atoms with van der Waals surface area (Å²) in [6.07, 6.45) is 15.7. The number of hydrogen-bond donors (Lipinski definition) is 3. The van der Waals surface area contributed by atoms with Crippen LogP contribution in [0.2, 0.25) is 0 Å². The first-order chi connectivity index (χ1) is 62.2. The van der Waals surface area contributed by atoms with Gasteiger partial charge in [-0.3, -0.25) is 29.7 Å². The first-order valence-corrected chi connectivity index (χ1v) is 44.5. The molecule has 660 valence electrons. The summed E-state index contributed by atoms with van der Waals surface area (Å²) in [6.45, 7) is 6.80. The highest BCUT2D eigenvalue weighted by Gasteiger charge is 2.54. The number of aliphatic imine (C=N–C) groups is 3. The fourth-order valence-electron chi connectivity index (χ4n) is 18.0. The quantitative estimate of drug-likeness (QED) is 0.0369. The molecule has 128 heavy (non-hydrogen) atoms. The van der Waals surface area contributed by atoms with Crippen LogP contribution in [0.1, 0.15) is 131 Å². The predicted octanol–water partition coefficient (Wildman–Crippen LogP) is 22.9. The molecule has 0 saturated carbocycles. The normalized spacial score (nSPS) is 18.3. The van der Waals surface area contributed by atoms with Crippen LogP contribution < -0.4 is 45.1 Å². The van der Waals surface area contributed by atoms with E-state index in [0.29, 0.717) is 0 Å². The molecule has 4 N–H and O–H groups in total. The van der Waals surface area contributed by atoms with Gasteiger partial charge in [0.25, 0.3) is 1.45 Å². The summed E-state index contributed by atoms with van der Waals surface area (Å²) in [5, 5.41) is 6.69. The molecular weight excluding hydrogens is 1870 g/mol. The Balaban J connectivity index is 0.000000144. The molecule has 8 aliphatic heterocycles. The minimum atomic E-state index is -0.537. The third kappa shape index (κ3) is 21.7. The van der Waals surface area contributed by atoms with E-state index < -0.39 is 16.8 Å². The van der Waals surface area contributed by atoms with E-state index in [1.54, 1.807) is 54.9 Å². The first-order valence-electron chi connectivity index (χ1n) is 42.5. The number of halogens is 10. The molecule has 0 radical (unpaired) electrons. The van der Waals surface area contributed by atoms with Gasteiger partial charge in [-0.25, -0.2) is 26.7 Å². The minimum Gasteiger partial charge on any atom is -0.485 e. The van der Waals surface area contributed by atoms with E-state index >= 15 is 0 Å². The van der Waals surface area contributed by atoms with E-state index in [1.807, 2.05) is 152 Å². The van der Waals surface area contributed by atoms with Crippen LogP contribution in [0, 0.1) is 26.8 Å². The Morgan fingerprint density at radius 1 is 0.391 bits per heavy atom. The topological polar surface area (TPSA) is 169 Å². The van der Waals surface area contributed by atoms with Gasteiger partial charge in [-0.05, 0) is 174 Å². The van der Waals surface area contributed by atoms with Crippen molar-refractivity contribution < 1.29 is 45.4 Å². The number of nitrogens with one attached hydrogen (secondary N) is 2. The van der Waals surface area contributed by atoms with Gasteiger partial charge in [-0.1, -0.05) is 182 Å². The zero-order valence-corrected chi connectivity index (χ0v) is 76.5. The molecule has 10 aromatic carbocycles. The van der Waals surface area contributed by atoms with Crippen molar-refractivity contribution >= 4 is 101 Å². The number of benzene rings is 10. The first kappa shape index (κ1) is 93.3. The number of piperidine rings is 4. The van der Waals surface area contributed by atoms with Crippen molar-refractivity contribution in [2.75, 3.05) is 62.2 Å². The number of rotatable bonds is 11. The number of aromatic nitrogens is 3. The standard InChI is InChI=1S/C30H25BrFN3O.C30H26FN3O.C25H23FN2O.C12H15FN2O.C5H4IN.2ClH.FH2P.FH/c31-27-14-12-24(20-33-27)35-17-15-30(16-18-35)29(25-19-23(32)11-13-26(25)36-30)34-28(21-7-3-1-4-8-21)22-9-5-2-6-10-22;31-24-13-14-27-26(20-24)29(30(35-27)15-18-34(19-16-30)25-12-7-17-32-21-25)33-28(22-8-3-1-4-9-22)23-10-5-2-6-11-23;26-20-11-12-22-21(17-20)24(25(29-22)13-15-27-16-14-25)28-23(18-7-3-1-4-8-18)19-9-5-2-6-10-19;13-8-1-2-10-9(7-8)11(14)12(16-10)3-5-15-6-4-12;6-5-2-1-3-7-4-5;;;1-2;/h1-14,19-20,29H,15-18H2;1-14,17,20-21,29H,15-16,18-19H2;1-12,17,24,27H,13-16H2;1-2,7,11,15H,3-6,14H2;1-4H;2*1H;2H2;1H/t2*29-;24-;11-;;;;;/m1111...../s1/i/hD. The van der Waals surface area contributed by atoms with E-state index in [2.05, 4.69) is 160 Å². The van der Waals surface area contributed by atoms with Gasteiger partial charge >= 0.3 is 0 Å². The van der Waals surface area contributed by atoms with E-state index in [0.717, 1.165) is 225 Å². The van der Waals surface area contributed by atoms with Crippen molar-refractivity contribution in [3.05, 3.63) is 409 Å². The Bertz CT molecular complexity index is 5740. The number of fused-ring (bicyclic) bond motifs is 4.